The van der Waals surface area contributed by atoms with Gasteiger partial charge in [0.25, 0.3) is 0 Å². The number of hydrogen-bond donors (Lipinski definition) is 1. The highest BCUT2D eigenvalue weighted by atomic mass is 32.1. The molecule has 1 unspecified atom stereocenters. The molecule has 0 N–H and O–H groups in total. The number of carbonyl (C=O) groups is 1. The first-order valence-electron chi connectivity index (χ1n) is 6.01. The average Bonchev–Trinajstić information content (AvgIpc) is 2.27. The maximum absolute atomic E-state index is 11.7. The number of amides is 1. The molecule has 1 amide bonds. The van der Waals surface area contributed by atoms with Crippen LogP contribution in [0.5, 0.6) is 0 Å². The van der Waals surface area contributed by atoms with Gasteiger partial charge in [0, 0.05) is 13.1 Å². The van der Waals surface area contributed by atoms with E-state index in [-0.39, 0.29) is 11.2 Å². The van der Waals surface area contributed by atoms with E-state index in [0.29, 0.717) is 6.04 Å². The van der Waals surface area contributed by atoms with Crippen molar-refractivity contribution in [3.05, 3.63) is 0 Å². The van der Waals surface area contributed by atoms with E-state index in [2.05, 4.69) is 19.6 Å². The fourth-order valence-corrected chi connectivity index (χ4v) is 2.60. The molecule has 1 aliphatic carbocycles. The van der Waals surface area contributed by atoms with E-state index in [1.54, 1.807) is 0 Å². The molecule has 1 saturated carbocycles. The lowest BCUT2D eigenvalue weighted by Gasteiger charge is -2.35. The summed E-state index contributed by atoms with van der Waals surface area (Å²) in [4.78, 5) is 13.6. The SMILES string of the molecule is CCC1CCC(N(C)C(=O)C(C)S)CC1. The Morgan fingerprint density at radius 2 is 1.93 bits per heavy atom. The van der Waals surface area contributed by atoms with E-state index in [1.807, 2.05) is 18.9 Å². The molecule has 3 heteroatoms. The maximum Gasteiger partial charge on any atom is 0.235 e. The first-order valence-corrected chi connectivity index (χ1v) is 6.52. The van der Waals surface area contributed by atoms with Crippen molar-refractivity contribution in [1.29, 1.82) is 0 Å². The molecule has 2 nitrogen and oxygen atoms in total. The van der Waals surface area contributed by atoms with Gasteiger partial charge in [-0.25, -0.2) is 0 Å². The molecule has 0 saturated heterocycles. The molecule has 88 valence electrons. The third kappa shape index (κ3) is 3.40. The number of rotatable bonds is 3. The number of nitrogens with zero attached hydrogens (tertiary/aromatic N) is 1. The second-order valence-corrected chi connectivity index (χ2v) is 5.48. The summed E-state index contributed by atoms with van der Waals surface area (Å²) in [6.07, 6.45) is 6.18. The molecule has 0 aromatic carbocycles. The Hall–Kier alpha value is -0.180. The van der Waals surface area contributed by atoms with Gasteiger partial charge in [-0.3, -0.25) is 4.79 Å². The van der Waals surface area contributed by atoms with Gasteiger partial charge in [-0.2, -0.15) is 12.6 Å². The predicted octanol–water partition coefficient (Wildman–Crippen LogP) is 2.73. The lowest BCUT2D eigenvalue weighted by atomic mass is 9.84. The zero-order chi connectivity index (χ0) is 11.4. The molecule has 0 aliphatic heterocycles. The minimum atomic E-state index is -0.168. The Morgan fingerprint density at radius 1 is 1.40 bits per heavy atom. The van der Waals surface area contributed by atoms with Gasteiger partial charge in [-0.15, -0.1) is 0 Å². The van der Waals surface area contributed by atoms with Gasteiger partial charge in [0.15, 0.2) is 0 Å². The van der Waals surface area contributed by atoms with Gasteiger partial charge >= 0.3 is 0 Å². The highest BCUT2D eigenvalue weighted by Gasteiger charge is 2.26. The lowest BCUT2D eigenvalue weighted by Crippen LogP contribution is -2.42. The molecule has 0 aromatic rings. The third-order valence-electron chi connectivity index (χ3n) is 3.65. The van der Waals surface area contributed by atoms with E-state index >= 15 is 0 Å². The molecule has 0 bridgehead atoms. The summed E-state index contributed by atoms with van der Waals surface area (Å²) in [5, 5.41) is -0.168. The fraction of sp³-hybridized carbons (Fsp3) is 0.917. The Morgan fingerprint density at radius 3 is 2.33 bits per heavy atom. The summed E-state index contributed by atoms with van der Waals surface area (Å²) >= 11 is 4.20. The fourth-order valence-electron chi connectivity index (χ4n) is 2.42. The summed E-state index contributed by atoms with van der Waals surface area (Å²) in [6.45, 7) is 4.11. The first kappa shape index (κ1) is 12.9. The molecule has 1 fully saturated rings. The van der Waals surface area contributed by atoms with Crippen LogP contribution in [-0.2, 0) is 4.79 Å². The quantitative estimate of drug-likeness (QED) is 0.738. The van der Waals surface area contributed by atoms with Gasteiger partial charge in [-0.1, -0.05) is 13.3 Å². The molecule has 0 aromatic heterocycles. The highest BCUT2D eigenvalue weighted by molar-refractivity contribution is 7.81. The van der Waals surface area contributed by atoms with Gasteiger partial charge < -0.3 is 4.90 Å². The van der Waals surface area contributed by atoms with Crippen LogP contribution in [0.15, 0.2) is 0 Å². The van der Waals surface area contributed by atoms with Crippen molar-refractivity contribution in [2.75, 3.05) is 7.05 Å². The van der Waals surface area contributed by atoms with Crippen molar-refractivity contribution in [3.8, 4) is 0 Å². The van der Waals surface area contributed by atoms with Crippen LogP contribution in [0.1, 0.15) is 46.0 Å². The Kier molecular flexibility index (Phi) is 4.97. The summed E-state index contributed by atoms with van der Waals surface area (Å²) < 4.78 is 0. The van der Waals surface area contributed by atoms with E-state index in [0.717, 1.165) is 5.92 Å². The Bertz CT molecular complexity index is 210. The van der Waals surface area contributed by atoms with Gasteiger partial charge in [-0.05, 0) is 38.5 Å². The third-order valence-corrected chi connectivity index (χ3v) is 3.87. The van der Waals surface area contributed by atoms with Gasteiger partial charge in [0.2, 0.25) is 5.91 Å². The molecular weight excluding hydrogens is 206 g/mol. The Labute approximate surface area is 98.8 Å². The summed E-state index contributed by atoms with van der Waals surface area (Å²) in [6, 6.07) is 0.454. The monoisotopic (exact) mass is 229 g/mol. The predicted molar refractivity (Wildman–Crippen MR) is 67.3 cm³/mol. The van der Waals surface area contributed by atoms with E-state index in [4.69, 9.17) is 0 Å². The van der Waals surface area contributed by atoms with Crippen molar-refractivity contribution in [1.82, 2.24) is 4.90 Å². The minimum Gasteiger partial charge on any atom is -0.342 e. The standard InChI is InChI=1S/C12H23NOS/c1-4-10-5-7-11(8-6-10)13(3)12(14)9(2)15/h9-11,15H,4-8H2,1-3H3. The van der Waals surface area contributed by atoms with Crippen LogP contribution in [-0.4, -0.2) is 29.1 Å². The van der Waals surface area contributed by atoms with Crippen LogP contribution in [0.3, 0.4) is 0 Å². The molecule has 1 aliphatic rings. The first-order chi connectivity index (χ1) is 7.06. The molecule has 0 radical (unpaired) electrons. The van der Waals surface area contributed by atoms with Crippen molar-refractivity contribution in [3.63, 3.8) is 0 Å². The number of carbonyl (C=O) groups excluding carboxylic acids is 1. The van der Waals surface area contributed by atoms with E-state index < -0.39 is 0 Å². The Balaban J connectivity index is 2.42. The van der Waals surface area contributed by atoms with Crippen molar-refractivity contribution >= 4 is 18.5 Å². The van der Waals surface area contributed by atoms with Crippen molar-refractivity contribution < 1.29 is 4.79 Å². The van der Waals surface area contributed by atoms with Gasteiger partial charge in [0.05, 0.1) is 5.25 Å². The second kappa shape index (κ2) is 5.78. The van der Waals surface area contributed by atoms with Crippen molar-refractivity contribution in [2.24, 2.45) is 5.92 Å². The van der Waals surface area contributed by atoms with E-state index in [9.17, 15) is 4.79 Å². The van der Waals surface area contributed by atoms with Crippen LogP contribution in [0.4, 0.5) is 0 Å². The average molecular weight is 229 g/mol. The van der Waals surface area contributed by atoms with Crippen LogP contribution in [0.2, 0.25) is 0 Å². The summed E-state index contributed by atoms with van der Waals surface area (Å²) in [7, 11) is 1.92. The number of hydrogen-bond acceptors (Lipinski definition) is 2. The molecule has 15 heavy (non-hydrogen) atoms. The smallest absolute Gasteiger partial charge is 0.235 e. The maximum atomic E-state index is 11.7. The normalized spacial score (nSPS) is 28.5. The lowest BCUT2D eigenvalue weighted by molar-refractivity contribution is -0.131. The van der Waals surface area contributed by atoms with Gasteiger partial charge in [0.1, 0.15) is 0 Å². The van der Waals surface area contributed by atoms with E-state index in [1.165, 1.54) is 32.1 Å². The van der Waals surface area contributed by atoms with Crippen LogP contribution >= 0.6 is 12.6 Å². The molecular formula is C12H23NOS. The number of thiol groups is 1. The minimum absolute atomic E-state index is 0.165. The second-order valence-electron chi connectivity index (χ2n) is 4.71. The molecule has 0 heterocycles. The summed E-state index contributed by atoms with van der Waals surface area (Å²) in [5.74, 6) is 1.05. The largest absolute Gasteiger partial charge is 0.342 e. The topological polar surface area (TPSA) is 20.3 Å². The summed E-state index contributed by atoms with van der Waals surface area (Å²) in [5.41, 5.74) is 0. The van der Waals surface area contributed by atoms with Crippen molar-refractivity contribution in [2.45, 2.75) is 57.2 Å². The van der Waals surface area contributed by atoms with Crippen LogP contribution in [0, 0.1) is 5.92 Å². The van der Waals surface area contributed by atoms with Crippen LogP contribution < -0.4 is 0 Å². The molecule has 1 rings (SSSR count). The molecule has 0 spiro atoms. The zero-order valence-electron chi connectivity index (χ0n) is 10.1. The van der Waals surface area contributed by atoms with Crippen LogP contribution in [0.25, 0.3) is 0 Å². The highest BCUT2D eigenvalue weighted by Crippen LogP contribution is 2.29. The molecule has 1 atom stereocenters. The zero-order valence-corrected chi connectivity index (χ0v) is 11.0.